The maximum absolute atomic E-state index is 4.25. The number of nitrogens with zero attached hydrogens (tertiary/aromatic N) is 2. The van der Waals surface area contributed by atoms with Crippen LogP contribution in [0, 0.1) is 0 Å². The normalized spacial score (nSPS) is 15.5. The van der Waals surface area contributed by atoms with E-state index in [4.69, 9.17) is 0 Å². The highest BCUT2D eigenvalue weighted by atomic mass is 14.6. The lowest BCUT2D eigenvalue weighted by molar-refractivity contribution is 0.694. The van der Waals surface area contributed by atoms with Crippen molar-refractivity contribution in [3.05, 3.63) is 156 Å². The molecule has 0 N–H and O–H groups in total. The van der Waals surface area contributed by atoms with Crippen molar-refractivity contribution in [2.24, 2.45) is 0 Å². The van der Waals surface area contributed by atoms with Crippen molar-refractivity contribution in [1.82, 2.24) is 9.97 Å². The van der Waals surface area contributed by atoms with Gasteiger partial charge in [0, 0.05) is 35.6 Å². The molecule has 0 radical (unpaired) electrons. The summed E-state index contributed by atoms with van der Waals surface area (Å²) in [5, 5.41) is 0. The molecule has 2 aliphatic carbocycles. The third-order valence-electron chi connectivity index (χ3n) is 9.83. The number of aromatic nitrogens is 2. The van der Waals surface area contributed by atoms with Gasteiger partial charge in [0.2, 0.25) is 0 Å². The molecule has 0 saturated carbocycles. The second-order valence-corrected chi connectivity index (χ2v) is 13.2. The molecule has 6 aromatic rings. The SMILES string of the molecule is CC1(C)C2=C(c3ccc(-c4ccccc4)cc31)C(C)(C)c1cc(-c3cc(-c4ccncc4)cc(-c4ccncc4)c3)ccc12. The van der Waals surface area contributed by atoms with Crippen LogP contribution >= 0.6 is 0 Å². The summed E-state index contributed by atoms with van der Waals surface area (Å²) in [4.78, 5) is 8.50. The van der Waals surface area contributed by atoms with Gasteiger partial charge in [-0.05, 0) is 133 Å². The monoisotopic (exact) mass is 566 g/mol. The van der Waals surface area contributed by atoms with E-state index >= 15 is 0 Å². The lowest BCUT2D eigenvalue weighted by atomic mass is 9.74. The highest BCUT2D eigenvalue weighted by Gasteiger charge is 2.49. The minimum atomic E-state index is -0.117. The molecule has 0 fully saturated rings. The van der Waals surface area contributed by atoms with Crippen LogP contribution in [0.25, 0.3) is 55.7 Å². The third-order valence-corrected chi connectivity index (χ3v) is 9.83. The van der Waals surface area contributed by atoms with Crippen molar-refractivity contribution < 1.29 is 0 Å². The molecule has 0 saturated heterocycles. The number of allylic oxidation sites excluding steroid dienone is 2. The molecule has 2 nitrogen and oxygen atoms in total. The zero-order valence-corrected chi connectivity index (χ0v) is 25.6. The summed E-state index contributed by atoms with van der Waals surface area (Å²) < 4.78 is 0. The zero-order chi connectivity index (χ0) is 30.1. The smallest absolute Gasteiger partial charge is 0.0273 e. The minimum Gasteiger partial charge on any atom is -0.265 e. The molecule has 8 rings (SSSR count). The summed E-state index contributed by atoms with van der Waals surface area (Å²) in [6.07, 6.45) is 7.45. The fraction of sp³-hybridized carbons (Fsp3) is 0.143. The number of rotatable bonds is 4. The van der Waals surface area contributed by atoms with Crippen molar-refractivity contribution in [3.8, 4) is 44.5 Å². The Hall–Kier alpha value is -5.08. The van der Waals surface area contributed by atoms with Crippen LogP contribution in [0.2, 0.25) is 0 Å². The van der Waals surface area contributed by atoms with Crippen LogP contribution in [-0.4, -0.2) is 9.97 Å². The lowest BCUT2D eigenvalue weighted by Gasteiger charge is -2.29. The molecule has 0 bridgehead atoms. The topological polar surface area (TPSA) is 25.8 Å². The first-order valence-corrected chi connectivity index (χ1v) is 15.4. The van der Waals surface area contributed by atoms with E-state index in [2.05, 4.69) is 147 Å². The zero-order valence-electron chi connectivity index (χ0n) is 25.6. The molecule has 0 unspecified atom stereocenters. The Morgan fingerprint density at radius 3 is 1.20 bits per heavy atom. The summed E-state index contributed by atoms with van der Waals surface area (Å²) >= 11 is 0. The summed E-state index contributed by atoms with van der Waals surface area (Å²) in [5.74, 6) is 0. The quantitative estimate of drug-likeness (QED) is 0.212. The fourth-order valence-electron chi connectivity index (χ4n) is 7.60. The van der Waals surface area contributed by atoms with Crippen LogP contribution < -0.4 is 0 Å². The van der Waals surface area contributed by atoms with Crippen LogP contribution in [0.1, 0.15) is 49.9 Å². The van der Waals surface area contributed by atoms with Crippen molar-refractivity contribution in [2.75, 3.05) is 0 Å². The third kappa shape index (κ3) is 4.02. The molecular weight excluding hydrogens is 532 g/mol. The molecule has 2 heteroatoms. The number of hydrogen-bond acceptors (Lipinski definition) is 2. The predicted molar refractivity (Wildman–Crippen MR) is 183 cm³/mol. The van der Waals surface area contributed by atoms with Crippen LogP contribution in [0.5, 0.6) is 0 Å². The highest BCUT2D eigenvalue weighted by Crippen LogP contribution is 2.63. The van der Waals surface area contributed by atoms with Gasteiger partial charge in [-0.15, -0.1) is 0 Å². The van der Waals surface area contributed by atoms with Crippen LogP contribution in [0.3, 0.4) is 0 Å². The van der Waals surface area contributed by atoms with Gasteiger partial charge in [0.15, 0.2) is 0 Å². The molecule has 0 spiro atoms. The van der Waals surface area contributed by atoms with Gasteiger partial charge in [-0.1, -0.05) is 82.3 Å². The Kier molecular flexibility index (Phi) is 5.86. The maximum atomic E-state index is 4.25. The molecule has 0 atom stereocenters. The second-order valence-electron chi connectivity index (χ2n) is 13.2. The van der Waals surface area contributed by atoms with E-state index in [0.29, 0.717) is 0 Å². The number of benzene rings is 4. The minimum absolute atomic E-state index is 0.0880. The van der Waals surface area contributed by atoms with Crippen LogP contribution in [0.15, 0.2) is 134 Å². The number of pyridine rings is 2. The lowest BCUT2D eigenvalue weighted by Crippen LogP contribution is -2.19. The molecule has 212 valence electrons. The van der Waals surface area contributed by atoms with Gasteiger partial charge in [0.25, 0.3) is 0 Å². The van der Waals surface area contributed by atoms with Gasteiger partial charge < -0.3 is 0 Å². The van der Waals surface area contributed by atoms with E-state index in [1.54, 1.807) is 0 Å². The van der Waals surface area contributed by atoms with Gasteiger partial charge in [-0.25, -0.2) is 0 Å². The van der Waals surface area contributed by atoms with Crippen LogP contribution in [-0.2, 0) is 10.8 Å². The van der Waals surface area contributed by atoms with E-state index < -0.39 is 0 Å². The van der Waals surface area contributed by atoms with E-state index in [0.717, 1.165) is 11.1 Å². The second kappa shape index (κ2) is 9.72. The van der Waals surface area contributed by atoms with Crippen molar-refractivity contribution in [1.29, 1.82) is 0 Å². The molecule has 2 heterocycles. The first-order chi connectivity index (χ1) is 21.3. The molecule has 4 aromatic carbocycles. The van der Waals surface area contributed by atoms with Gasteiger partial charge in [0.1, 0.15) is 0 Å². The van der Waals surface area contributed by atoms with Gasteiger partial charge in [-0.2, -0.15) is 0 Å². The molecule has 0 aliphatic heterocycles. The average molecular weight is 567 g/mol. The van der Waals surface area contributed by atoms with Crippen molar-refractivity contribution in [2.45, 2.75) is 38.5 Å². The Morgan fingerprint density at radius 2 is 0.750 bits per heavy atom. The van der Waals surface area contributed by atoms with Crippen molar-refractivity contribution in [3.63, 3.8) is 0 Å². The average Bonchev–Trinajstić information content (AvgIpc) is 3.46. The number of hydrogen-bond donors (Lipinski definition) is 0. The summed E-state index contributed by atoms with van der Waals surface area (Å²) in [7, 11) is 0. The van der Waals surface area contributed by atoms with Gasteiger partial charge >= 0.3 is 0 Å². The summed E-state index contributed by atoms with van der Waals surface area (Å²) in [6, 6.07) is 40.2. The Bertz CT molecular complexity index is 2030. The Labute approximate surface area is 259 Å². The maximum Gasteiger partial charge on any atom is 0.0273 e. The molecule has 2 aliphatic rings. The van der Waals surface area contributed by atoms with Crippen LogP contribution in [0.4, 0.5) is 0 Å². The van der Waals surface area contributed by atoms with Gasteiger partial charge in [-0.3, -0.25) is 9.97 Å². The summed E-state index contributed by atoms with van der Waals surface area (Å²) in [5.41, 5.74) is 18.1. The fourth-order valence-corrected chi connectivity index (χ4v) is 7.60. The first-order valence-electron chi connectivity index (χ1n) is 15.4. The van der Waals surface area contributed by atoms with E-state index in [1.807, 2.05) is 24.8 Å². The first kappa shape index (κ1) is 26.5. The molecule has 0 amide bonds. The molecule has 44 heavy (non-hydrogen) atoms. The molecule has 2 aromatic heterocycles. The standard InChI is InChI=1S/C42H34N2/c1-41(2)37-25-30(27-8-6-5-7-9-27)10-12-35(37)39-40(41)36-13-11-31(26-38(36)42(39,3)4)34-23-32(28-14-18-43-19-15-28)22-33(24-34)29-16-20-44-21-17-29/h5-26H,1-4H3. The molecular formula is C42H34N2. The van der Waals surface area contributed by atoms with Gasteiger partial charge in [0.05, 0.1) is 0 Å². The van der Waals surface area contributed by atoms with Crippen molar-refractivity contribution >= 4 is 11.1 Å². The summed E-state index contributed by atoms with van der Waals surface area (Å²) in [6.45, 7) is 9.62. The largest absolute Gasteiger partial charge is 0.265 e. The number of fused-ring (bicyclic) bond motifs is 4. The highest BCUT2D eigenvalue weighted by molar-refractivity contribution is 6.10. The van der Waals surface area contributed by atoms with E-state index in [-0.39, 0.29) is 10.8 Å². The Balaban J connectivity index is 1.25. The van der Waals surface area contributed by atoms with E-state index in [9.17, 15) is 0 Å². The predicted octanol–water partition coefficient (Wildman–Crippen LogP) is 10.6. The Morgan fingerprint density at radius 1 is 0.364 bits per heavy atom. The van der Waals surface area contributed by atoms with E-state index in [1.165, 1.54) is 66.8 Å².